The third-order valence-corrected chi connectivity index (χ3v) is 9.71. The number of aliphatic hydroxyl groups is 1. The summed E-state index contributed by atoms with van der Waals surface area (Å²) >= 11 is 0. The number of aromatic nitrogens is 1. The SMILES string of the molecule is O=C(CCCc1cccc(C2(C(=O)O)CCCCC2)c1)N[C@H]1CC[C@H](CNC[C@H](O)c2ccc(O)c3[nH]c(=O)ccc23)CC1. The highest BCUT2D eigenvalue weighted by Crippen LogP contribution is 2.40. The number of rotatable bonds is 12. The molecule has 2 saturated carbocycles. The van der Waals surface area contributed by atoms with Gasteiger partial charge in [0.1, 0.15) is 5.75 Å². The van der Waals surface area contributed by atoms with Crippen LogP contribution in [0.4, 0.5) is 0 Å². The Kier molecular flexibility index (Phi) is 10.4. The summed E-state index contributed by atoms with van der Waals surface area (Å²) in [6, 6.07) is 14.3. The zero-order valence-corrected chi connectivity index (χ0v) is 25.3. The predicted molar refractivity (Wildman–Crippen MR) is 170 cm³/mol. The Morgan fingerprint density at radius 3 is 2.52 bits per heavy atom. The Bertz CT molecular complexity index is 1500. The minimum atomic E-state index is -0.785. The summed E-state index contributed by atoms with van der Waals surface area (Å²) in [5, 5.41) is 38.1. The van der Waals surface area contributed by atoms with E-state index in [1.54, 1.807) is 12.1 Å². The van der Waals surface area contributed by atoms with E-state index in [1.807, 2.05) is 24.3 Å². The number of benzene rings is 2. The van der Waals surface area contributed by atoms with Gasteiger partial charge in [0.2, 0.25) is 11.5 Å². The van der Waals surface area contributed by atoms with Crippen LogP contribution in [0.3, 0.4) is 0 Å². The number of pyridine rings is 1. The van der Waals surface area contributed by atoms with Gasteiger partial charge in [-0.25, -0.2) is 0 Å². The van der Waals surface area contributed by atoms with Gasteiger partial charge in [0.05, 0.1) is 17.0 Å². The Labute approximate surface area is 258 Å². The summed E-state index contributed by atoms with van der Waals surface area (Å²) in [6.45, 7) is 1.13. The van der Waals surface area contributed by atoms with Gasteiger partial charge in [0.25, 0.3) is 0 Å². The number of phenols is 1. The number of carboxylic acids is 1. The first kappa shape index (κ1) is 31.7. The lowest BCUT2D eigenvalue weighted by atomic mass is 9.69. The molecule has 1 amide bonds. The summed E-state index contributed by atoms with van der Waals surface area (Å²) in [5.74, 6) is -0.212. The fraction of sp³-hybridized carbons (Fsp3) is 0.514. The summed E-state index contributed by atoms with van der Waals surface area (Å²) in [6.07, 6.45) is 9.35. The van der Waals surface area contributed by atoms with Crippen molar-refractivity contribution in [3.05, 3.63) is 75.6 Å². The van der Waals surface area contributed by atoms with Gasteiger partial charge in [0, 0.05) is 30.5 Å². The molecule has 2 aliphatic carbocycles. The molecule has 0 bridgehead atoms. The second-order valence-corrected chi connectivity index (χ2v) is 12.7. The van der Waals surface area contributed by atoms with Gasteiger partial charge in [-0.05, 0) is 92.7 Å². The van der Waals surface area contributed by atoms with E-state index in [0.29, 0.717) is 48.2 Å². The van der Waals surface area contributed by atoms with Crippen LogP contribution in [0.25, 0.3) is 10.9 Å². The summed E-state index contributed by atoms with van der Waals surface area (Å²) in [5.41, 5.74) is 1.88. The van der Waals surface area contributed by atoms with Crippen LogP contribution in [0.15, 0.2) is 53.3 Å². The maximum absolute atomic E-state index is 12.7. The second kappa shape index (κ2) is 14.4. The molecule has 1 aromatic heterocycles. The fourth-order valence-corrected chi connectivity index (χ4v) is 7.15. The molecule has 9 heteroatoms. The van der Waals surface area contributed by atoms with Crippen molar-refractivity contribution < 1.29 is 24.9 Å². The molecular weight excluding hydrogens is 558 g/mol. The first-order chi connectivity index (χ1) is 21.2. The normalized spacial score (nSPS) is 20.7. The predicted octanol–water partition coefficient (Wildman–Crippen LogP) is 4.84. The van der Waals surface area contributed by atoms with E-state index < -0.39 is 17.5 Å². The second-order valence-electron chi connectivity index (χ2n) is 12.7. The van der Waals surface area contributed by atoms with E-state index in [1.165, 1.54) is 12.1 Å². The molecule has 1 atom stereocenters. The van der Waals surface area contributed by atoms with Crippen LogP contribution < -0.4 is 16.2 Å². The monoisotopic (exact) mass is 603 g/mol. The number of carbonyl (C=O) groups is 2. The number of nitrogens with one attached hydrogen (secondary N) is 3. The molecule has 0 radical (unpaired) electrons. The Hall–Kier alpha value is -3.69. The average molecular weight is 604 g/mol. The maximum Gasteiger partial charge on any atom is 0.314 e. The van der Waals surface area contributed by atoms with Crippen LogP contribution in [-0.2, 0) is 21.4 Å². The number of aliphatic carboxylic acids is 1. The molecule has 0 spiro atoms. The maximum atomic E-state index is 12.7. The van der Waals surface area contributed by atoms with Gasteiger partial charge in [-0.3, -0.25) is 14.4 Å². The molecule has 6 N–H and O–H groups in total. The number of H-pyrrole nitrogens is 1. The fourth-order valence-electron chi connectivity index (χ4n) is 7.15. The quantitative estimate of drug-likeness (QED) is 0.173. The smallest absolute Gasteiger partial charge is 0.314 e. The van der Waals surface area contributed by atoms with Gasteiger partial charge in [-0.15, -0.1) is 0 Å². The largest absolute Gasteiger partial charge is 0.506 e. The molecule has 9 nitrogen and oxygen atoms in total. The molecule has 5 rings (SSSR count). The molecule has 0 saturated heterocycles. The van der Waals surface area contributed by atoms with E-state index in [9.17, 15) is 29.7 Å². The summed E-state index contributed by atoms with van der Waals surface area (Å²) < 4.78 is 0. The highest BCUT2D eigenvalue weighted by Gasteiger charge is 2.41. The van der Waals surface area contributed by atoms with Gasteiger partial charge in [-0.2, -0.15) is 0 Å². The van der Waals surface area contributed by atoms with E-state index >= 15 is 0 Å². The van der Waals surface area contributed by atoms with Gasteiger partial charge in [0.15, 0.2) is 0 Å². The van der Waals surface area contributed by atoms with Crippen LogP contribution in [0.2, 0.25) is 0 Å². The summed E-state index contributed by atoms with van der Waals surface area (Å²) in [7, 11) is 0. The van der Waals surface area contributed by atoms with E-state index in [-0.39, 0.29) is 23.3 Å². The number of hydrogen-bond acceptors (Lipinski definition) is 6. The lowest BCUT2D eigenvalue weighted by molar-refractivity contribution is -0.145. The molecule has 0 aliphatic heterocycles. The highest BCUT2D eigenvalue weighted by atomic mass is 16.4. The van der Waals surface area contributed by atoms with Crippen molar-refractivity contribution in [3.8, 4) is 5.75 Å². The van der Waals surface area contributed by atoms with Gasteiger partial charge < -0.3 is 30.9 Å². The third kappa shape index (κ3) is 7.50. The van der Waals surface area contributed by atoms with Crippen LogP contribution in [0.5, 0.6) is 5.75 Å². The molecule has 2 aromatic carbocycles. The molecular formula is C35H45N3O6. The minimum Gasteiger partial charge on any atom is -0.506 e. The molecule has 2 fully saturated rings. The zero-order valence-electron chi connectivity index (χ0n) is 25.3. The highest BCUT2D eigenvalue weighted by molar-refractivity contribution is 5.87. The number of aryl methyl sites for hydroxylation is 1. The Balaban J connectivity index is 1.01. The molecule has 236 valence electrons. The topological polar surface area (TPSA) is 152 Å². The van der Waals surface area contributed by atoms with Crippen molar-refractivity contribution in [2.75, 3.05) is 13.1 Å². The standard InChI is InChI=1S/C35H45N3O6/c39-29-16-14-27(28-15-17-32(42)38-33(28)29)30(40)22-36-21-24-10-12-26(13-11-24)37-31(41)9-5-7-23-6-4-8-25(20-23)35(34(43)44)18-2-1-3-19-35/h4,6,8,14-17,20,24,26,30,36,39-40H,1-3,5,7,9-13,18-19,21-22H2,(H,37,41)(H,38,42)(H,43,44)/t24-,26-,30-/m0/s1. The van der Waals surface area contributed by atoms with Crippen molar-refractivity contribution >= 4 is 22.8 Å². The first-order valence-corrected chi connectivity index (χ1v) is 16.1. The molecule has 0 unspecified atom stereocenters. The number of amides is 1. The van der Waals surface area contributed by atoms with Crippen molar-refractivity contribution in [2.24, 2.45) is 5.92 Å². The molecule has 2 aliphatic rings. The number of carboxylic acid groups (broad SMARTS) is 1. The van der Waals surface area contributed by atoms with Crippen molar-refractivity contribution in [3.63, 3.8) is 0 Å². The molecule has 44 heavy (non-hydrogen) atoms. The Morgan fingerprint density at radius 2 is 1.77 bits per heavy atom. The van der Waals surface area contributed by atoms with Crippen LogP contribution in [0, 0.1) is 5.92 Å². The van der Waals surface area contributed by atoms with Crippen LogP contribution in [0.1, 0.15) is 93.4 Å². The van der Waals surface area contributed by atoms with E-state index in [2.05, 4.69) is 15.6 Å². The zero-order chi connectivity index (χ0) is 31.1. The first-order valence-electron chi connectivity index (χ1n) is 16.1. The van der Waals surface area contributed by atoms with Crippen molar-refractivity contribution in [2.45, 2.75) is 94.6 Å². The van der Waals surface area contributed by atoms with E-state index in [4.69, 9.17) is 0 Å². The van der Waals surface area contributed by atoms with Crippen molar-refractivity contribution in [1.82, 2.24) is 15.6 Å². The van der Waals surface area contributed by atoms with Gasteiger partial charge in [-0.1, -0.05) is 49.6 Å². The number of aromatic hydroxyl groups is 1. The molecule has 3 aromatic rings. The minimum absolute atomic E-state index is 0.0272. The number of hydrogen-bond donors (Lipinski definition) is 6. The third-order valence-electron chi connectivity index (χ3n) is 9.71. The van der Waals surface area contributed by atoms with Crippen LogP contribution in [-0.4, -0.2) is 51.3 Å². The number of aromatic amines is 1. The number of phenolic OH excluding ortho intramolecular Hbond substituents is 1. The number of carbonyl (C=O) groups excluding carboxylic acids is 1. The average Bonchev–Trinajstić information content (AvgIpc) is 3.02. The van der Waals surface area contributed by atoms with E-state index in [0.717, 1.165) is 75.5 Å². The lowest BCUT2D eigenvalue weighted by Gasteiger charge is -2.34. The number of fused-ring (bicyclic) bond motifs is 1. The van der Waals surface area contributed by atoms with Gasteiger partial charge >= 0.3 is 5.97 Å². The van der Waals surface area contributed by atoms with Crippen LogP contribution >= 0.6 is 0 Å². The number of aliphatic hydroxyl groups excluding tert-OH is 1. The van der Waals surface area contributed by atoms with Crippen molar-refractivity contribution in [1.29, 1.82) is 0 Å². The molecule has 1 heterocycles. The lowest BCUT2D eigenvalue weighted by Crippen LogP contribution is -2.39. The summed E-state index contributed by atoms with van der Waals surface area (Å²) in [4.78, 5) is 39.2. The Morgan fingerprint density at radius 1 is 1.00 bits per heavy atom.